The van der Waals surface area contributed by atoms with E-state index >= 15 is 0 Å². The van der Waals surface area contributed by atoms with Gasteiger partial charge in [-0.1, -0.05) is 18.2 Å². The Hall–Kier alpha value is -3.81. The number of nitrogens with two attached hydrogens (primary N) is 1. The summed E-state index contributed by atoms with van der Waals surface area (Å²) in [5.41, 5.74) is 11.0. The third kappa shape index (κ3) is 3.36. The first-order valence-electron chi connectivity index (χ1n) is 9.57. The van der Waals surface area contributed by atoms with Crippen LogP contribution in [0.1, 0.15) is 16.7 Å². The summed E-state index contributed by atoms with van der Waals surface area (Å²) < 4.78 is 5.37. The molecule has 30 heavy (non-hydrogen) atoms. The van der Waals surface area contributed by atoms with Crippen molar-refractivity contribution in [2.75, 3.05) is 35.0 Å². The summed E-state index contributed by atoms with van der Waals surface area (Å²) in [6.07, 6.45) is 1.75. The van der Waals surface area contributed by atoms with Crippen LogP contribution in [0.25, 0.3) is 0 Å². The predicted molar refractivity (Wildman–Crippen MR) is 119 cm³/mol. The molecule has 1 aromatic heterocycles. The van der Waals surface area contributed by atoms with Crippen LogP contribution in [0.3, 0.4) is 0 Å². The zero-order valence-electron chi connectivity index (χ0n) is 17.4. The molecule has 8 heteroatoms. The topological polar surface area (TPSA) is 96.6 Å². The molecule has 0 atom stereocenters. The second-order valence-corrected chi connectivity index (χ2v) is 7.30. The molecule has 0 saturated carbocycles. The molecule has 2 heterocycles. The number of nitrogen functional groups attached to an aromatic ring is 1. The molecule has 1 aliphatic heterocycles. The number of para-hydroxylation sites is 1. The molecule has 8 nitrogen and oxygen atoms in total. The molecule has 4 rings (SSSR count). The predicted octanol–water partition coefficient (Wildman–Crippen LogP) is 4.00. The Balaban J connectivity index is 1.67. The number of carbonyl (C=O) groups excluding carboxylic acids is 1. The van der Waals surface area contributed by atoms with Gasteiger partial charge in [-0.05, 0) is 37.1 Å². The van der Waals surface area contributed by atoms with E-state index in [1.54, 1.807) is 48.4 Å². The van der Waals surface area contributed by atoms with Gasteiger partial charge in [0.25, 0.3) is 0 Å². The van der Waals surface area contributed by atoms with Crippen LogP contribution < -0.4 is 25.6 Å². The van der Waals surface area contributed by atoms with Gasteiger partial charge < -0.3 is 15.8 Å². The molecule has 0 fully saturated rings. The molecule has 2 aromatic carbocycles. The average Bonchev–Trinajstić information content (AvgIpc) is 2.73. The molecule has 2 amide bonds. The zero-order valence-corrected chi connectivity index (χ0v) is 17.4. The van der Waals surface area contributed by atoms with E-state index in [9.17, 15) is 4.79 Å². The average molecular weight is 404 g/mol. The van der Waals surface area contributed by atoms with E-state index in [-0.39, 0.29) is 6.03 Å². The highest BCUT2D eigenvalue weighted by Gasteiger charge is 2.32. The van der Waals surface area contributed by atoms with E-state index in [1.165, 1.54) is 0 Å². The van der Waals surface area contributed by atoms with Gasteiger partial charge in [0.15, 0.2) is 0 Å². The lowest BCUT2D eigenvalue weighted by molar-refractivity contribution is 0.251. The largest absolute Gasteiger partial charge is 0.494 e. The number of aromatic nitrogens is 2. The van der Waals surface area contributed by atoms with Gasteiger partial charge in [-0.15, -0.1) is 0 Å². The lowest BCUT2D eigenvalue weighted by Crippen LogP contribution is -2.46. The molecule has 0 saturated heterocycles. The van der Waals surface area contributed by atoms with Gasteiger partial charge in [0.05, 0.1) is 25.0 Å². The quantitative estimate of drug-likeness (QED) is 0.638. The molecule has 154 valence electrons. The molecule has 0 spiro atoms. The number of methoxy groups -OCH3 is 1. The van der Waals surface area contributed by atoms with Gasteiger partial charge in [0.1, 0.15) is 11.6 Å². The van der Waals surface area contributed by atoms with E-state index in [1.807, 2.05) is 32.0 Å². The van der Waals surface area contributed by atoms with Gasteiger partial charge in [-0.25, -0.2) is 9.78 Å². The van der Waals surface area contributed by atoms with Crippen LogP contribution in [0.5, 0.6) is 5.75 Å². The van der Waals surface area contributed by atoms with Crippen molar-refractivity contribution in [3.63, 3.8) is 0 Å². The summed E-state index contributed by atoms with van der Waals surface area (Å²) >= 11 is 0. The maximum Gasteiger partial charge on any atom is 0.330 e. The molecule has 0 radical (unpaired) electrons. The van der Waals surface area contributed by atoms with E-state index in [2.05, 4.69) is 15.3 Å². The van der Waals surface area contributed by atoms with Crippen molar-refractivity contribution in [3.05, 3.63) is 59.3 Å². The molecule has 0 aliphatic carbocycles. The second-order valence-electron chi connectivity index (χ2n) is 7.30. The standard InChI is InChI=1S/C22H24N6O2/c1-13-6-5-7-14(2)19(13)28-12-15-11-24-21(26-20(15)27(3)22(28)29)25-17-9-8-16(23)10-18(17)30-4/h5-11H,12,23H2,1-4H3,(H,24,25,26). The minimum atomic E-state index is -0.130. The van der Waals surface area contributed by atoms with Crippen molar-refractivity contribution < 1.29 is 9.53 Å². The Morgan fingerprint density at radius 1 is 1.17 bits per heavy atom. The number of carbonyl (C=O) groups is 1. The Morgan fingerprint density at radius 2 is 1.90 bits per heavy atom. The first-order valence-corrected chi connectivity index (χ1v) is 9.57. The fourth-order valence-electron chi connectivity index (χ4n) is 3.71. The van der Waals surface area contributed by atoms with Crippen molar-refractivity contribution in [3.8, 4) is 5.75 Å². The van der Waals surface area contributed by atoms with Crippen LogP contribution in [0.15, 0.2) is 42.6 Å². The molecule has 3 N–H and O–H groups in total. The van der Waals surface area contributed by atoms with Crippen molar-refractivity contribution in [1.29, 1.82) is 0 Å². The highest BCUT2D eigenvalue weighted by Crippen LogP contribution is 2.34. The Morgan fingerprint density at radius 3 is 2.60 bits per heavy atom. The van der Waals surface area contributed by atoms with E-state index in [0.29, 0.717) is 35.4 Å². The summed E-state index contributed by atoms with van der Waals surface area (Å²) in [5.74, 6) is 1.54. The molecular weight excluding hydrogens is 380 g/mol. The minimum absolute atomic E-state index is 0.130. The number of hydrogen-bond donors (Lipinski definition) is 2. The summed E-state index contributed by atoms with van der Waals surface area (Å²) in [4.78, 5) is 25.5. The van der Waals surface area contributed by atoms with Crippen LogP contribution in [-0.4, -0.2) is 30.2 Å². The maximum atomic E-state index is 13.1. The van der Waals surface area contributed by atoms with Crippen molar-refractivity contribution >= 4 is 34.9 Å². The molecule has 0 bridgehead atoms. The van der Waals surface area contributed by atoms with E-state index in [4.69, 9.17) is 10.5 Å². The smallest absolute Gasteiger partial charge is 0.330 e. The number of urea groups is 1. The normalized spacial score (nSPS) is 13.3. The highest BCUT2D eigenvalue weighted by atomic mass is 16.5. The third-order valence-electron chi connectivity index (χ3n) is 5.19. The number of rotatable bonds is 4. The first kappa shape index (κ1) is 19.5. The van der Waals surface area contributed by atoms with Gasteiger partial charge in [0, 0.05) is 30.6 Å². The fourth-order valence-corrected chi connectivity index (χ4v) is 3.71. The van der Waals surface area contributed by atoms with Crippen molar-refractivity contribution in [1.82, 2.24) is 9.97 Å². The fraction of sp³-hybridized carbons (Fsp3) is 0.227. The number of amides is 2. The number of hydrogen-bond acceptors (Lipinski definition) is 6. The SMILES string of the molecule is COc1cc(N)ccc1Nc1ncc2c(n1)N(C)C(=O)N(c1c(C)cccc1C)C2. The van der Waals surface area contributed by atoms with Crippen LogP contribution in [0.4, 0.5) is 33.6 Å². The maximum absolute atomic E-state index is 13.1. The summed E-state index contributed by atoms with van der Waals surface area (Å²) in [6.45, 7) is 4.43. The number of ether oxygens (including phenoxy) is 1. The second kappa shape index (κ2) is 7.55. The van der Waals surface area contributed by atoms with Crippen LogP contribution in [0.2, 0.25) is 0 Å². The number of fused-ring (bicyclic) bond motifs is 1. The molecule has 0 unspecified atom stereocenters. The Kier molecular flexibility index (Phi) is 4.91. The van der Waals surface area contributed by atoms with Gasteiger partial charge in [-0.2, -0.15) is 4.98 Å². The number of benzene rings is 2. The van der Waals surface area contributed by atoms with Crippen LogP contribution >= 0.6 is 0 Å². The van der Waals surface area contributed by atoms with E-state index < -0.39 is 0 Å². The lowest BCUT2D eigenvalue weighted by Gasteiger charge is -2.35. The molecule has 1 aliphatic rings. The summed E-state index contributed by atoms with van der Waals surface area (Å²) in [7, 11) is 3.30. The third-order valence-corrected chi connectivity index (χ3v) is 5.19. The number of aryl methyl sites for hydroxylation is 2. The highest BCUT2D eigenvalue weighted by molar-refractivity contribution is 6.05. The van der Waals surface area contributed by atoms with E-state index in [0.717, 1.165) is 22.4 Å². The Labute approximate surface area is 175 Å². The summed E-state index contributed by atoms with van der Waals surface area (Å²) in [6, 6.07) is 11.2. The van der Waals surface area contributed by atoms with Gasteiger partial charge >= 0.3 is 6.03 Å². The van der Waals surface area contributed by atoms with Gasteiger partial charge in [-0.3, -0.25) is 9.80 Å². The van der Waals surface area contributed by atoms with Crippen LogP contribution in [0, 0.1) is 13.8 Å². The molecular formula is C22H24N6O2. The lowest BCUT2D eigenvalue weighted by atomic mass is 10.1. The first-order chi connectivity index (χ1) is 14.4. The van der Waals surface area contributed by atoms with Gasteiger partial charge in [0.2, 0.25) is 5.95 Å². The number of nitrogens with one attached hydrogen (secondary N) is 1. The number of anilines is 5. The van der Waals surface area contributed by atoms with Crippen molar-refractivity contribution in [2.24, 2.45) is 0 Å². The number of nitrogens with zero attached hydrogens (tertiary/aromatic N) is 4. The minimum Gasteiger partial charge on any atom is -0.494 e. The van der Waals surface area contributed by atoms with Crippen LogP contribution in [-0.2, 0) is 6.54 Å². The Bertz CT molecular complexity index is 1110. The zero-order chi connectivity index (χ0) is 21.4. The summed E-state index contributed by atoms with van der Waals surface area (Å²) in [5, 5.41) is 3.14. The van der Waals surface area contributed by atoms with Crippen molar-refractivity contribution in [2.45, 2.75) is 20.4 Å². The molecule has 3 aromatic rings. The monoisotopic (exact) mass is 404 g/mol.